The van der Waals surface area contributed by atoms with Crippen LogP contribution in [0.1, 0.15) is 40.8 Å². The number of aromatic hydroxyl groups is 1. The first-order valence-corrected chi connectivity index (χ1v) is 12.3. The first kappa shape index (κ1) is 26.1. The minimum atomic E-state index is -0.582. The van der Waals surface area contributed by atoms with Gasteiger partial charge in [-0.15, -0.1) is 0 Å². The summed E-state index contributed by atoms with van der Waals surface area (Å²) in [5.41, 5.74) is 3.69. The normalized spacial score (nSPS) is 15.2. The number of benzene rings is 2. The summed E-state index contributed by atoms with van der Waals surface area (Å²) in [6, 6.07) is 15.8. The lowest BCUT2D eigenvalue weighted by atomic mass is 9.92. The van der Waals surface area contributed by atoms with Crippen LogP contribution in [0, 0.1) is 18.4 Å². The van der Waals surface area contributed by atoms with Crippen molar-refractivity contribution in [1.82, 2.24) is 20.2 Å². The van der Waals surface area contributed by atoms with Gasteiger partial charge in [0.2, 0.25) is 11.8 Å². The Morgan fingerprint density at radius 2 is 1.84 bits per heavy atom. The molecule has 1 aliphatic heterocycles. The van der Waals surface area contributed by atoms with Crippen LogP contribution in [-0.4, -0.2) is 58.4 Å². The number of alkyl halides is 1. The zero-order valence-corrected chi connectivity index (χ0v) is 20.7. The third-order valence-electron chi connectivity index (χ3n) is 6.50. The second-order valence-corrected chi connectivity index (χ2v) is 9.44. The Balaban J connectivity index is 1.42. The summed E-state index contributed by atoms with van der Waals surface area (Å²) in [6.07, 6.45) is 1.60. The van der Waals surface area contributed by atoms with Crippen LogP contribution < -0.4 is 10.9 Å². The smallest absolute Gasteiger partial charge is 0.293 e. The maximum Gasteiger partial charge on any atom is 0.293 e. The van der Waals surface area contributed by atoms with E-state index in [1.165, 1.54) is 11.9 Å². The van der Waals surface area contributed by atoms with E-state index >= 15 is 0 Å². The first-order chi connectivity index (χ1) is 17.9. The van der Waals surface area contributed by atoms with Crippen LogP contribution in [0.5, 0.6) is 5.75 Å². The van der Waals surface area contributed by atoms with Gasteiger partial charge < -0.3 is 20.3 Å². The monoisotopic (exact) mass is 499 g/mol. The van der Waals surface area contributed by atoms with Gasteiger partial charge in [0, 0.05) is 42.6 Å². The first-order valence-electron chi connectivity index (χ1n) is 12.3. The predicted molar refractivity (Wildman–Crippen MR) is 141 cm³/mol. The quantitative estimate of drug-likeness (QED) is 0.311. The van der Waals surface area contributed by atoms with Crippen LogP contribution in [0.25, 0.3) is 4.85 Å². The van der Waals surface area contributed by atoms with E-state index in [-0.39, 0.29) is 18.0 Å². The van der Waals surface area contributed by atoms with Crippen molar-refractivity contribution in [2.75, 3.05) is 26.3 Å². The van der Waals surface area contributed by atoms with E-state index in [9.17, 15) is 14.3 Å². The third-order valence-corrected chi connectivity index (χ3v) is 6.50. The molecular formula is C29H30FN5O2. The molecular weight excluding hydrogens is 469 g/mol. The lowest BCUT2D eigenvalue weighted by molar-refractivity contribution is 0.161. The van der Waals surface area contributed by atoms with Crippen molar-refractivity contribution in [3.05, 3.63) is 105 Å². The minimum absolute atomic E-state index is 0.125. The molecule has 2 aromatic carbocycles. The molecule has 190 valence electrons. The summed E-state index contributed by atoms with van der Waals surface area (Å²) in [5.74, 6) is 5.87. The Labute approximate surface area is 216 Å². The van der Waals surface area contributed by atoms with Gasteiger partial charge in [-0.1, -0.05) is 36.1 Å². The Morgan fingerprint density at radius 1 is 1.19 bits per heavy atom. The average Bonchev–Trinajstić information content (AvgIpc) is 2.90. The number of rotatable bonds is 9. The van der Waals surface area contributed by atoms with E-state index < -0.39 is 18.0 Å². The summed E-state index contributed by atoms with van der Waals surface area (Å²) in [4.78, 5) is 24.1. The van der Waals surface area contributed by atoms with Gasteiger partial charge in [-0.05, 0) is 42.3 Å². The van der Waals surface area contributed by atoms with Gasteiger partial charge in [0.05, 0.1) is 25.1 Å². The summed E-state index contributed by atoms with van der Waals surface area (Å²) in [7, 11) is 0. The van der Waals surface area contributed by atoms with Crippen LogP contribution in [0.15, 0.2) is 59.7 Å². The number of nitrogens with one attached hydrogen (secondary N) is 2. The molecule has 2 atom stereocenters. The van der Waals surface area contributed by atoms with Crippen LogP contribution in [0.4, 0.5) is 4.39 Å². The molecule has 0 radical (unpaired) electrons. The highest BCUT2D eigenvalue weighted by molar-refractivity contribution is 5.44. The van der Waals surface area contributed by atoms with Gasteiger partial charge >= 0.3 is 0 Å². The van der Waals surface area contributed by atoms with E-state index in [0.717, 1.165) is 36.3 Å². The van der Waals surface area contributed by atoms with Crippen LogP contribution >= 0.6 is 0 Å². The molecule has 1 fully saturated rings. The van der Waals surface area contributed by atoms with Gasteiger partial charge in [-0.2, -0.15) is 0 Å². The fourth-order valence-corrected chi connectivity index (χ4v) is 4.21. The molecule has 7 nitrogen and oxygen atoms in total. The van der Waals surface area contributed by atoms with Crippen molar-refractivity contribution in [3.63, 3.8) is 0 Å². The summed E-state index contributed by atoms with van der Waals surface area (Å²) in [6.45, 7) is 11.3. The molecule has 3 N–H and O–H groups in total. The summed E-state index contributed by atoms with van der Waals surface area (Å²) >= 11 is 0. The number of aromatic nitrogens is 2. The molecule has 2 heterocycles. The van der Waals surface area contributed by atoms with Gasteiger partial charge in [0.1, 0.15) is 6.67 Å². The second-order valence-electron chi connectivity index (χ2n) is 9.44. The van der Waals surface area contributed by atoms with Crippen molar-refractivity contribution < 1.29 is 9.50 Å². The van der Waals surface area contributed by atoms with Gasteiger partial charge in [0.15, 0.2) is 0 Å². The van der Waals surface area contributed by atoms with E-state index in [4.69, 9.17) is 6.57 Å². The van der Waals surface area contributed by atoms with E-state index in [2.05, 4.69) is 49.0 Å². The van der Waals surface area contributed by atoms with Gasteiger partial charge in [0.25, 0.3) is 5.56 Å². The van der Waals surface area contributed by atoms with Gasteiger partial charge in [-0.3, -0.25) is 9.69 Å². The molecule has 3 aromatic rings. The number of H-pyrrole nitrogens is 1. The number of nitrogens with zero attached hydrogens (tertiary/aromatic N) is 3. The molecule has 1 aliphatic rings. The molecule has 0 amide bonds. The van der Waals surface area contributed by atoms with Gasteiger partial charge in [-0.25, -0.2) is 15.9 Å². The Morgan fingerprint density at radius 3 is 2.46 bits per heavy atom. The van der Waals surface area contributed by atoms with Crippen molar-refractivity contribution >= 4 is 0 Å². The highest BCUT2D eigenvalue weighted by atomic mass is 19.1. The fraction of sp³-hybridized carbons (Fsp3) is 0.345. The lowest BCUT2D eigenvalue weighted by Crippen LogP contribution is -2.48. The van der Waals surface area contributed by atoms with Crippen molar-refractivity contribution in [1.29, 1.82) is 0 Å². The molecule has 1 aromatic heterocycles. The molecule has 0 spiro atoms. The zero-order valence-electron chi connectivity index (χ0n) is 20.7. The maximum atomic E-state index is 13.0. The van der Waals surface area contributed by atoms with Crippen LogP contribution in [0.3, 0.4) is 0 Å². The van der Waals surface area contributed by atoms with Crippen LogP contribution in [0.2, 0.25) is 0 Å². The molecule has 0 saturated carbocycles. The van der Waals surface area contributed by atoms with Crippen LogP contribution in [-0.2, 0) is 13.0 Å². The molecule has 8 heteroatoms. The number of aromatic amines is 1. The summed E-state index contributed by atoms with van der Waals surface area (Å²) < 4.78 is 13.0. The number of hydrogen-bond acceptors (Lipinski definition) is 5. The summed E-state index contributed by atoms with van der Waals surface area (Å²) in [5, 5.41) is 13.3. The number of likely N-dealkylation sites (tertiary alicyclic amines) is 1. The predicted octanol–water partition coefficient (Wildman–Crippen LogP) is 3.25. The highest BCUT2D eigenvalue weighted by Gasteiger charge is 2.30. The zero-order chi connectivity index (χ0) is 26.2. The van der Waals surface area contributed by atoms with Crippen molar-refractivity contribution in [2.45, 2.75) is 37.9 Å². The Kier molecular flexibility index (Phi) is 8.68. The van der Waals surface area contributed by atoms with E-state index in [0.29, 0.717) is 18.7 Å². The second kappa shape index (κ2) is 12.3. The Bertz CT molecular complexity index is 1350. The number of halogens is 1. The lowest BCUT2D eigenvalue weighted by Gasteiger charge is -2.31. The molecule has 1 unspecified atom stereocenters. The Hall–Kier alpha value is -3.98. The largest absolute Gasteiger partial charge is 0.502 e. The number of hydrogen-bond donors (Lipinski definition) is 3. The van der Waals surface area contributed by atoms with E-state index in [1.807, 2.05) is 36.4 Å². The fourth-order valence-electron chi connectivity index (χ4n) is 4.21. The molecule has 37 heavy (non-hydrogen) atoms. The molecule has 0 bridgehead atoms. The van der Waals surface area contributed by atoms with Crippen molar-refractivity contribution in [2.24, 2.45) is 0 Å². The maximum absolute atomic E-state index is 13.0. The average molecular weight is 500 g/mol. The standard InChI is InChI=1S/C29H30FN5O2/c1-20(14-30)32-15-25(13-27-28(36)29(37)34-19-33-27)24-11-9-22(10-12-24)4-3-21-5-7-23(8-6-21)16-35-17-26(18-35)31-2/h5-12,19-20,25-26,32,36H,13-18H2,1H3,(H,33,34,37)/t20-,25?/m0/s1. The topological polar surface area (TPSA) is 85.6 Å². The minimum Gasteiger partial charge on any atom is -0.502 e. The highest BCUT2D eigenvalue weighted by Crippen LogP contribution is 2.23. The van der Waals surface area contributed by atoms with Crippen molar-refractivity contribution in [3.8, 4) is 17.6 Å². The molecule has 1 saturated heterocycles. The van der Waals surface area contributed by atoms with E-state index in [1.54, 1.807) is 6.92 Å². The molecule has 0 aliphatic carbocycles. The third kappa shape index (κ3) is 7.04. The SMILES string of the molecule is [C-]#[N+]C1CN(Cc2ccc(C#Cc3ccc(C(CN[C@@H](C)CF)Cc4nc[nH]c(=O)c4O)cc3)cc2)C1. The molecule has 4 rings (SSSR count).